The molecule has 90 valence electrons. The molecule has 6 heteroatoms. The Hall–Kier alpha value is -1.07. The van der Waals surface area contributed by atoms with Gasteiger partial charge < -0.3 is 16.0 Å². The average Bonchev–Trinajstić information content (AvgIpc) is 2.23. The number of anilines is 2. The Morgan fingerprint density at radius 2 is 2.12 bits per heavy atom. The Bertz CT molecular complexity index is 355. The van der Waals surface area contributed by atoms with Crippen molar-refractivity contribution >= 4 is 23.1 Å². The van der Waals surface area contributed by atoms with E-state index in [0.29, 0.717) is 11.5 Å². The third-order valence-electron chi connectivity index (χ3n) is 2.37. The summed E-state index contributed by atoms with van der Waals surface area (Å²) in [5.41, 5.74) is 7.23. The van der Waals surface area contributed by atoms with Crippen molar-refractivity contribution in [1.29, 1.82) is 0 Å². The maximum atomic E-state index is 5.92. The van der Waals surface area contributed by atoms with Crippen LogP contribution in [0.3, 0.4) is 0 Å². The highest BCUT2D eigenvalue weighted by molar-refractivity contribution is 6.28. The van der Waals surface area contributed by atoms with E-state index in [1.54, 1.807) is 0 Å². The van der Waals surface area contributed by atoms with Crippen LogP contribution in [0, 0.1) is 6.92 Å². The van der Waals surface area contributed by atoms with Gasteiger partial charge in [0.25, 0.3) is 0 Å². The molecule has 3 N–H and O–H groups in total. The fourth-order valence-electron chi connectivity index (χ4n) is 1.42. The van der Waals surface area contributed by atoms with Crippen LogP contribution in [0.2, 0.25) is 5.28 Å². The van der Waals surface area contributed by atoms with Gasteiger partial charge in [0.15, 0.2) is 5.82 Å². The van der Waals surface area contributed by atoms with Gasteiger partial charge in [-0.1, -0.05) is 0 Å². The number of hydrogen-bond donors (Lipinski definition) is 2. The van der Waals surface area contributed by atoms with E-state index in [1.165, 1.54) is 0 Å². The van der Waals surface area contributed by atoms with E-state index in [2.05, 4.69) is 15.3 Å². The Labute approximate surface area is 101 Å². The first kappa shape index (κ1) is 13.0. The Morgan fingerprint density at radius 1 is 1.44 bits per heavy atom. The molecule has 0 saturated carbocycles. The summed E-state index contributed by atoms with van der Waals surface area (Å²) in [5.74, 6) is 0.702. The van der Waals surface area contributed by atoms with Crippen LogP contribution in [0.5, 0.6) is 0 Å². The number of aromatic nitrogens is 2. The SMILES string of the molecule is CNCCCN(C)c1nc(Cl)nc(C)c1N. The van der Waals surface area contributed by atoms with Gasteiger partial charge in [0.05, 0.1) is 11.4 Å². The number of nitrogens with zero attached hydrogens (tertiary/aromatic N) is 3. The number of halogens is 1. The summed E-state index contributed by atoms with van der Waals surface area (Å²) in [6.45, 7) is 3.66. The summed E-state index contributed by atoms with van der Waals surface area (Å²) in [7, 11) is 3.88. The maximum absolute atomic E-state index is 5.92. The van der Waals surface area contributed by atoms with Crippen LogP contribution in [0.15, 0.2) is 0 Å². The summed E-state index contributed by atoms with van der Waals surface area (Å²) in [4.78, 5) is 10.1. The van der Waals surface area contributed by atoms with Crippen molar-refractivity contribution < 1.29 is 0 Å². The highest BCUT2D eigenvalue weighted by Gasteiger charge is 2.11. The quantitative estimate of drug-likeness (QED) is 0.598. The van der Waals surface area contributed by atoms with E-state index in [0.717, 1.165) is 25.2 Å². The molecule has 1 heterocycles. The van der Waals surface area contributed by atoms with Gasteiger partial charge in [0.2, 0.25) is 5.28 Å². The van der Waals surface area contributed by atoms with Crippen LogP contribution < -0.4 is 16.0 Å². The highest BCUT2D eigenvalue weighted by Crippen LogP contribution is 2.23. The summed E-state index contributed by atoms with van der Waals surface area (Å²) >= 11 is 5.81. The maximum Gasteiger partial charge on any atom is 0.224 e. The van der Waals surface area contributed by atoms with Gasteiger partial charge in [-0.15, -0.1) is 0 Å². The Morgan fingerprint density at radius 3 is 2.75 bits per heavy atom. The van der Waals surface area contributed by atoms with E-state index in [-0.39, 0.29) is 5.28 Å². The van der Waals surface area contributed by atoms with Gasteiger partial charge in [-0.25, -0.2) is 4.98 Å². The van der Waals surface area contributed by atoms with E-state index in [4.69, 9.17) is 17.3 Å². The first-order valence-electron chi connectivity index (χ1n) is 5.21. The van der Waals surface area contributed by atoms with Crippen molar-refractivity contribution in [2.75, 3.05) is 37.8 Å². The number of aryl methyl sites for hydroxylation is 1. The third-order valence-corrected chi connectivity index (χ3v) is 2.54. The van der Waals surface area contributed by atoms with Gasteiger partial charge in [0.1, 0.15) is 0 Å². The molecule has 0 radical (unpaired) electrons. The molecule has 0 bridgehead atoms. The molecule has 1 rings (SSSR count). The molecular formula is C10H18ClN5. The average molecular weight is 244 g/mol. The van der Waals surface area contributed by atoms with E-state index in [9.17, 15) is 0 Å². The zero-order valence-electron chi connectivity index (χ0n) is 9.92. The smallest absolute Gasteiger partial charge is 0.224 e. The standard InChI is InChI=1S/C10H18ClN5/c1-7-8(12)9(15-10(11)14-7)16(3)6-4-5-13-2/h13H,4-6,12H2,1-3H3. The van der Waals surface area contributed by atoms with Gasteiger partial charge in [-0.05, 0) is 38.5 Å². The lowest BCUT2D eigenvalue weighted by atomic mass is 10.3. The van der Waals surface area contributed by atoms with Crippen LogP contribution in [-0.4, -0.2) is 37.2 Å². The van der Waals surface area contributed by atoms with Crippen LogP contribution >= 0.6 is 11.6 Å². The second-order valence-electron chi connectivity index (χ2n) is 3.69. The summed E-state index contributed by atoms with van der Waals surface area (Å²) < 4.78 is 0. The van der Waals surface area contributed by atoms with Gasteiger partial charge in [-0.2, -0.15) is 4.98 Å². The molecule has 0 saturated heterocycles. The first-order valence-corrected chi connectivity index (χ1v) is 5.59. The second kappa shape index (κ2) is 5.86. The van der Waals surface area contributed by atoms with E-state index in [1.807, 2.05) is 25.9 Å². The predicted molar refractivity (Wildman–Crippen MR) is 68.0 cm³/mol. The first-order chi connectivity index (χ1) is 7.56. The van der Waals surface area contributed by atoms with Crippen molar-refractivity contribution in [2.45, 2.75) is 13.3 Å². The van der Waals surface area contributed by atoms with E-state index < -0.39 is 0 Å². The monoisotopic (exact) mass is 243 g/mol. The highest BCUT2D eigenvalue weighted by atomic mass is 35.5. The molecule has 0 aliphatic rings. The lowest BCUT2D eigenvalue weighted by Crippen LogP contribution is -2.24. The molecule has 0 fully saturated rings. The van der Waals surface area contributed by atoms with Crippen molar-refractivity contribution in [3.63, 3.8) is 0 Å². The molecule has 0 unspecified atom stereocenters. The molecule has 0 atom stereocenters. The summed E-state index contributed by atoms with van der Waals surface area (Å²) in [5, 5.41) is 3.33. The van der Waals surface area contributed by atoms with Crippen molar-refractivity contribution in [1.82, 2.24) is 15.3 Å². The van der Waals surface area contributed by atoms with Crippen LogP contribution in [0.1, 0.15) is 12.1 Å². The molecule has 0 spiro atoms. The number of rotatable bonds is 5. The molecule has 5 nitrogen and oxygen atoms in total. The van der Waals surface area contributed by atoms with Crippen LogP contribution in [0.4, 0.5) is 11.5 Å². The lowest BCUT2D eigenvalue weighted by molar-refractivity contribution is 0.709. The molecule has 16 heavy (non-hydrogen) atoms. The number of nitrogen functional groups attached to an aromatic ring is 1. The molecule has 0 aliphatic heterocycles. The molecule has 0 aromatic carbocycles. The number of nitrogens with one attached hydrogen (secondary N) is 1. The Balaban J connectivity index is 2.78. The third kappa shape index (κ3) is 3.21. The van der Waals surface area contributed by atoms with Crippen molar-refractivity contribution in [2.24, 2.45) is 0 Å². The molecule has 1 aromatic heterocycles. The molecule has 0 amide bonds. The second-order valence-corrected chi connectivity index (χ2v) is 4.03. The van der Waals surface area contributed by atoms with Crippen molar-refractivity contribution in [3.05, 3.63) is 11.0 Å². The molecule has 0 aliphatic carbocycles. The lowest BCUT2D eigenvalue weighted by Gasteiger charge is -2.20. The van der Waals surface area contributed by atoms with Crippen LogP contribution in [0.25, 0.3) is 0 Å². The minimum atomic E-state index is 0.238. The molecule has 1 aromatic rings. The van der Waals surface area contributed by atoms with Gasteiger partial charge in [-0.3, -0.25) is 0 Å². The van der Waals surface area contributed by atoms with E-state index >= 15 is 0 Å². The normalized spacial score (nSPS) is 10.5. The minimum Gasteiger partial charge on any atom is -0.394 e. The van der Waals surface area contributed by atoms with Crippen LogP contribution in [-0.2, 0) is 0 Å². The largest absolute Gasteiger partial charge is 0.394 e. The number of nitrogens with two attached hydrogens (primary N) is 1. The van der Waals surface area contributed by atoms with Crippen molar-refractivity contribution in [3.8, 4) is 0 Å². The fourth-order valence-corrected chi connectivity index (χ4v) is 1.63. The zero-order chi connectivity index (χ0) is 12.1. The predicted octanol–water partition coefficient (Wildman–Crippen LogP) is 1.07. The summed E-state index contributed by atoms with van der Waals surface area (Å²) in [6, 6.07) is 0. The Kier molecular flexibility index (Phi) is 4.76. The number of hydrogen-bond acceptors (Lipinski definition) is 5. The van der Waals surface area contributed by atoms with Gasteiger partial charge >= 0.3 is 0 Å². The molecular weight excluding hydrogens is 226 g/mol. The fraction of sp³-hybridized carbons (Fsp3) is 0.600. The van der Waals surface area contributed by atoms with Gasteiger partial charge in [0, 0.05) is 13.6 Å². The zero-order valence-corrected chi connectivity index (χ0v) is 10.7. The topological polar surface area (TPSA) is 67.1 Å². The summed E-state index contributed by atoms with van der Waals surface area (Å²) in [6.07, 6.45) is 1.02. The minimum absolute atomic E-state index is 0.238.